The maximum Gasteiger partial charge on any atom is 0.306 e. The molecule has 0 bridgehead atoms. The lowest BCUT2D eigenvalue weighted by molar-refractivity contribution is -0.154. The second kappa shape index (κ2) is 16.9. The van der Waals surface area contributed by atoms with Crippen LogP contribution in [0, 0.1) is 10.8 Å². The van der Waals surface area contributed by atoms with Gasteiger partial charge in [0.2, 0.25) is 17.1 Å². The van der Waals surface area contributed by atoms with Crippen LogP contribution in [0.2, 0.25) is 5.02 Å². The molecule has 3 rings (SSSR count). The number of hydrogen-bond donors (Lipinski definition) is 4. The van der Waals surface area contributed by atoms with E-state index in [9.17, 15) is 14.4 Å². The largest absolute Gasteiger partial charge is 0.447 e. The van der Waals surface area contributed by atoms with E-state index in [0.717, 1.165) is 17.0 Å². The molecule has 0 aliphatic rings. The second-order valence-electron chi connectivity index (χ2n) is 9.36. The number of ether oxygens (including phenoxy) is 1. The van der Waals surface area contributed by atoms with Gasteiger partial charge in [-0.1, -0.05) is 72.3 Å². The molecule has 12 heteroatoms. The van der Waals surface area contributed by atoms with Gasteiger partial charge in [-0.2, -0.15) is 0 Å². The highest BCUT2D eigenvalue weighted by Crippen LogP contribution is 2.25. The number of amidine groups is 1. The van der Waals surface area contributed by atoms with Crippen molar-refractivity contribution < 1.29 is 19.1 Å². The van der Waals surface area contributed by atoms with Crippen molar-refractivity contribution >= 4 is 57.4 Å². The Balaban J connectivity index is 1.41. The average molecular weight is 609 g/mol. The van der Waals surface area contributed by atoms with E-state index < -0.39 is 18.0 Å². The Hall–Kier alpha value is -4.22. The number of rotatable bonds is 15. The summed E-state index contributed by atoms with van der Waals surface area (Å²) in [5, 5.41) is 30.8. The predicted molar refractivity (Wildman–Crippen MR) is 164 cm³/mol. The molecule has 42 heavy (non-hydrogen) atoms. The van der Waals surface area contributed by atoms with Crippen molar-refractivity contribution in [3.05, 3.63) is 87.9 Å². The summed E-state index contributed by atoms with van der Waals surface area (Å²) in [5.74, 6) is -1.39. The number of nitrogens with one attached hydrogen (secondary N) is 4. The van der Waals surface area contributed by atoms with E-state index in [-0.39, 0.29) is 29.7 Å². The fourth-order valence-corrected chi connectivity index (χ4v) is 4.77. The van der Waals surface area contributed by atoms with Crippen LogP contribution in [0.15, 0.2) is 66.7 Å². The van der Waals surface area contributed by atoms with Gasteiger partial charge in [0.1, 0.15) is 10.8 Å². The van der Waals surface area contributed by atoms with Crippen molar-refractivity contribution in [3.63, 3.8) is 0 Å². The molecule has 10 nitrogen and oxygen atoms in total. The van der Waals surface area contributed by atoms with Crippen molar-refractivity contribution in [2.24, 2.45) is 0 Å². The smallest absolute Gasteiger partial charge is 0.306 e. The minimum atomic E-state index is -1.17. The normalized spacial score (nSPS) is 11.6. The number of aryl methyl sites for hydroxylation is 1. The van der Waals surface area contributed by atoms with Gasteiger partial charge in [0.15, 0.2) is 0 Å². The first-order valence-corrected chi connectivity index (χ1v) is 14.7. The van der Waals surface area contributed by atoms with Crippen molar-refractivity contribution in [2.45, 2.75) is 58.0 Å². The highest BCUT2D eigenvalue weighted by Gasteiger charge is 2.26. The first kappa shape index (κ1) is 32.3. The summed E-state index contributed by atoms with van der Waals surface area (Å²) in [5.41, 5.74) is 1.65. The topological polar surface area (TPSA) is 158 Å². The number of hydrogen-bond acceptors (Lipinski definition) is 9. The van der Waals surface area contributed by atoms with E-state index in [0.29, 0.717) is 42.0 Å². The number of carbonyl (C=O) groups is 3. The molecule has 220 valence electrons. The third-order valence-corrected chi connectivity index (χ3v) is 6.94. The molecule has 4 N–H and O–H groups in total. The van der Waals surface area contributed by atoms with Crippen molar-refractivity contribution in [2.75, 3.05) is 5.32 Å². The van der Waals surface area contributed by atoms with E-state index >= 15 is 0 Å². The maximum absolute atomic E-state index is 13.0. The second-order valence-corrected chi connectivity index (χ2v) is 10.9. The number of aromatic nitrogens is 2. The van der Waals surface area contributed by atoms with E-state index in [1.165, 1.54) is 23.5 Å². The molecular formula is C30H33ClN6O4S. The SMILES string of the molecule is CCCC(=O)OC(C(=O)Nc1nnc(CCCCC(=N)/C=C\C(=N)NC(=O)Cc2ccccc2)s1)c1cccc(Cl)c1. The monoisotopic (exact) mass is 608 g/mol. The standard InChI is InChI=1S/C30H33ClN6O4S/c1-2-9-27(39)41-28(21-12-8-13-22(31)19-21)29(40)35-30-37-36-26(42-30)15-7-6-14-23(32)16-17-24(33)34-25(38)18-20-10-4-3-5-11-20/h3-5,8,10-13,16-17,19,28,32H,2,6-7,9,14-15,18H2,1H3,(H2,33,34,38)(H,35,37,40)/b17-16-,32-23?. The molecule has 0 saturated carbocycles. The van der Waals surface area contributed by atoms with Crippen molar-refractivity contribution in [3.8, 4) is 0 Å². The molecule has 1 atom stereocenters. The summed E-state index contributed by atoms with van der Waals surface area (Å²) in [6.07, 6.45) is 5.26. The Bertz CT molecular complexity index is 1430. The van der Waals surface area contributed by atoms with Crippen LogP contribution in [0.5, 0.6) is 0 Å². The molecule has 1 aromatic heterocycles. The van der Waals surface area contributed by atoms with Crippen LogP contribution in [0.3, 0.4) is 0 Å². The maximum atomic E-state index is 13.0. The van der Waals surface area contributed by atoms with Gasteiger partial charge in [0.05, 0.1) is 6.42 Å². The van der Waals surface area contributed by atoms with Crippen LogP contribution in [-0.4, -0.2) is 39.5 Å². The van der Waals surface area contributed by atoms with Gasteiger partial charge in [0, 0.05) is 29.1 Å². The number of anilines is 1. The van der Waals surface area contributed by atoms with Gasteiger partial charge in [-0.3, -0.25) is 25.1 Å². The third-order valence-electron chi connectivity index (χ3n) is 5.81. The van der Waals surface area contributed by atoms with Gasteiger partial charge in [-0.25, -0.2) is 0 Å². The lowest BCUT2D eigenvalue weighted by Crippen LogP contribution is -2.29. The molecule has 1 unspecified atom stereocenters. The number of esters is 1. The molecule has 0 saturated heterocycles. The predicted octanol–water partition coefficient (Wildman–Crippen LogP) is 5.84. The first-order valence-electron chi connectivity index (χ1n) is 13.5. The molecule has 0 aliphatic heterocycles. The zero-order chi connectivity index (χ0) is 30.3. The van der Waals surface area contributed by atoms with E-state index in [4.69, 9.17) is 27.2 Å². The number of benzene rings is 2. The Morgan fingerprint density at radius 2 is 1.81 bits per heavy atom. The summed E-state index contributed by atoms with van der Waals surface area (Å²) in [4.78, 5) is 37.2. The highest BCUT2D eigenvalue weighted by molar-refractivity contribution is 7.15. The van der Waals surface area contributed by atoms with Crippen LogP contribution < -0.4 is 10.6 Å². The summed E-state index contributed by atoms with van der Waals surface area (Å²) in [6.45, 7) is 1.85. The Labute approximate surface area is 253 Å². The van der Waals surface area contributed by atoms with E-state index in [2.05, 4.69) is 20.8 Å². The lowest BCUT2D eigenvalue weighted by Gasteiger charge is -2.17. The van der Waals surface area contributed by atoms with Crippen LogP contribution in [0.4, 0.5) is 5.13 Å². The first-order chi connectivity index (χ1) is 20.2. The molecule has 2 amide bonds. The fraction of sp³-hybridized carbons (Fsp3) is 0.300. The number of unbranched alkanes of at least 4 members (excludes halogenated alkanes) is 1. The Kier molecular flexibility index (Phi) is 13.0. The molecule has 2 aromatic carbocycles. The average Bonchev–Trinajstić information content (AvgIpc) is 3.40. The van der Waals surface area contributed by atoms with Gasteiger partial charge in [-0.15, -0.1) is 10.2 Å². The van der Waals surface area contributed by atoms with Gasteiger partial charge >= 0.3 is 5.97 Å². The minimum Gasteiger partial charge on any atom is -0.447 e. The zero-order valence-electron chi connectivity index (χ0n) is 23.2. The summed E-state index contributed by atoms with van der Waals surface area (Å²) >= 11 is 7.30. The molecular weight excluding hydrogens is 576 g/mol. The van der Waals surface area contributed by atoms with Gasteiger partial charge in [0.25, 0.3) is 5.91 Å². The highest BCUT2D eigenvalue weighted by atomic mass is 35.5. The molecule has 1 heterocycles. The van der Waals surface area contributed by atoms with E-state index in [1.54, 1.807) is 24.3 Å². The molecule has 0 fully saturated rings. The Morgan fingerprint density at radius 1 is 1.02 bits per heavy atom. The van der Waals surface area contributed by atoms with Crippen LogP contribution in [0.1, 0.15) is 61.3 Å². The molecule has 0 spiro atoms. The number of amides is 2. The fourth-order valence-electron chi connectivity index (χ4n) is 3.79. The molecule has 0 aliphatic carbocycles. The summed E-state index contributed by atoms with van der Waals surface area (Å²) in [7, 11) is 0. The van der Waals surface area contributed by atoms with Crippen LogP contribution in [-0.2, 0) is 32.0 Å². The number of nitrogens with zero attached hydrogens (tertiary/aromatic N) is 2. The quantitative estimate of drug-likeness (QED) is 0.0734. The van der Waals surface area contributed by atoms with Crippen LogP contribution in [0.25, 0.3) is 0 Å². The van der Waals surface area contributed by atoms with Crippen molar-refractivity contribution in [1.29, 1.82) is 10.8 Å². The molecule has 3 aromatic rings. The van der Waals surface area contributed by atoms with Gasteiger partial charge < -0.3 is 15.5 Å². The summed E-state index contributed by atoms with van der Waals surface area (Å²) in [6, 6.07) is 15.9. The van der Waals surface area contributed by atoms with E-state index in [1.807, 2.05) is 37.3 Å². The van der Waals surface area contributed by atoms with Gasteiger partial charge in [-0.05, 0) is 55.5 Å². The Morgan fingerprint density at radius 3 is 2.55 bits per heavy atom. The minimum absolute atomic E-state index is 0.0677. The molecule has 0 radical (unpaired) electrons. The lowest BCUT2D eigenvalue weighted by atomic mass is 10.1. The van der Waals surface area contributed by atoms with Crippen molar-refractivity contribution in [1.82, 2.24) is 15.5 Å². The number of allylic oxidation sites excluding steroid dienone is 1. The zero-order valence-corrected chi connectivity index (χ0v) is 24.8. The van der Waals surface area contributed by atoms with Crippen LogP contribution >= 0.6 is 22.9 Å². The summed E-state index contributed by atoms with van der Waals surface area (Å²) < 4.78 is 5.44. The number of carbonyl (C=O) groups excluding carboxylic acids is 3. The third kappa shape index (κ3) is 11.3. The number of halogens is 1.